The van der Waals surface area contributed by atoms with E-state index in [2.05, 4.69) is 0 Å². The maximum absolute atomic E-state index is 10.7. The molecule has 0 radical (unpaired) electrons. The summed E-state index contributed by atoms with van der Waals surface area (Å²) in [4.78, 5) is 10.7. The first-order chi connectivity index (χ1) is 7.74. The molecule has 82 valence electrons. The highest BCUT2D eigenvalue weighted by Gasteiger charge is 2.04. The molecule has 0 N–H and O–H groups in total. The van der Waals surface area contributed by atoms with Crippen molar-refractivity contribution in [3.63, 3.8) is 0 Å². The van der Waals surface area contributed by atoms with E-state index in [1.54, 1.807) is 7.11 Å². The first kappa shape index (κ1) is 10.7. The van der Waals surface area contributed by atoms with Crippen LogP contribution in [0.2, 0.25) is 0 Å². The van der Waals surface area contributed by atoms with E-state index in [1.807, 2.05) is 43.3 Å². The lowest BCUT2D eigenvalue weighted by molar-refractivity contribution is -0.108. The van der Waals surface area contributed by atoms with Crippen molar-refractivity contribution < 1.29 is 9.53 Å². The third-order valence-corrected chi connectivity index (χ3v) is 2.80. The van der Waals surface area contributed by atoms with Crippen LogP contribution >= 0.6 is 0 Å². The molecule has 1 unspecified atom stereocenters. The Morgan fingerprint density at radius 1 is 1.12 bits per heavy atom. The molecule has 0 bridgehead atoms. The number of carbonyl (C=O) groups is 1. The molecule has 2 rings (SSSR count). The molecule has 1 atom stereocenters. The van der Waals surface area contributed by atoms with E-state index >= 15 is 0 Å². The van der Waals surface area contributed by atoms with Crippen molar-refractivity contribution in [2.24, 2.45) is 0 Å². The number of aldehydes is 1. The van der Waals surface area contributed by atoms with Crippen molar-refractivity contribution in [1.29, 1.82) is 0 Å². The maximum atomic E-state index is 10.7. The molecular formula is C14H14O2. The van der Waals surface area contributed by atoms with Crippen LogP contribution in [0.5, 0.6) is 5.75 Å². The van der Waals surface area contributed by atoms with E-state index in [0.717, 1.165) is 28.4 Å². The standard InChI is InChI=1S/C14H14O2/c1-10(9-15)11-3-4-13-8-14(16-2)6-5-12(13)7-11/h3-10H,1-2H3. The lowest BCUT2D eigenvalue weighted by Gasteiger charge is -2.07. The largest absolute Gasteiger partial charge is 0.497 e. The zero-order valence-corrected chi connectivity index (χ0v) is 9.44. The summed E-state index contributed by atoms with van der Waals surface area (Å²) in [5, 5.41) is 2.26. The first-order valence-electron chi connectivity index (χ1n) is 5.27. The predicted octanol–water partition coefficient (Wildman–Crippen LogP) is 3.15. The summed E-state index contributed by atoms with van der Waals surface area (Å²) in [6.07, 6.45) is 0.963. The third-order valence-electron chi connectivity index (χ3n) is 2.80. The van der Waals surface area contributed by atoms with E-state index < -0.39 is 0 Å². The second kappa shape index (κ2) is 4.35. The fourth-order valence-electron chi connectivity index (χ4n) is 1.73. The van der Waals surface area contributed by atoms with Gasteiger partial charge in [0.2, 0.25) is 0 Å². The Hall–Kier alpha value is -1.83. The summed E-state index contributed by atoms with van der Waals surface area (Å²) in [6, 6.07) is 12.0. The fourth-order valence-corrected chi connectivity index (χ4v) is 1.73. The molecule has 2 heteroatoms. The highest BCUT2D eigenvalue weighted by molar-refractivity contribution is 5.85. The van der Waals surface area contributed by atoms with Gasteiger partial charge in [-0.1, -0.05) is 31.2 Å². The number of methoxy groups -OCH3 is 1. The number of hydrogen-bond donors (Lipinski definition) is 0. The molecule has 0 aromatic heterocycles. The van der Waals surface area contributed by atoms with Gasteiger partial charge in [-0.25, -0.2) is 0 Å². The Balaban J connectivity index is 2.51. The monoisotopic (exact) mass is 214 g/mol. The Kier molecular flexibility index (Phi) is 2.91. The van der Waals surface area contributed by atoms with Crippen LogP contribution in [0.25, 0.3) is 10.8 Å². The van der Waals surface area contributed by atoms with Crippen molar-refractivity contribution in [2.45, 2.75) is 12.8 Å². The van der Waals surface area contributed by atoms with E-state index in [4.69, 9.17) is 4.74 Å². The lowest BCUT2D eigenvalue weighted by atomic mass is 9.99. The number of benzene rings is 2. The Bertz CT molecular complexity index is 517. The molecule has 0 saturated carbocycles. The molecule has 0 heterocycles. The smallest absolute Gasteiger partial charge is 0.127 e. The fraction of sp³-hybridized carbons (Fsp3) is 0.214. The van der Waals surface area contributed by atoms with Gasteiger partial charge in [0.05, 0.1) is 7.11 Å². The van der Waals surface area contributed by atoms with Gasteiger partial charge in [0, 0.05) is 5.92 Å². The van der Waals surface area contributed by atoms with Crippen molar-refractivity contribution in [3.05, 3.63) is 42.0 Å². The Labute approximate surface area is 94.8 Å². The van der Waals surface area contributed by atoms with Crippen LogP contribution in [0.3, 0.4) is 0 Å². The normalized spacial score (nSPS) is 12.4. The molecule has 2 aromatic carbocycles. The molecular weight excluding hydrogens is 200 g/mol. The van der Waals surface area contributed by atoms with E-state index in [-0.39, 0.29) is 5.92 Å². The minimum Gasteiger partial charge on any atom is -0.497 e. The van der Waals surface area contributed by atoms with Gasteiger partial charge in [-0.15, -0.1) is 0 Å². The van der Waals surface area contributed by atoms with Gasteiger partial charge >= 0.3 is 0 Å². The number of rotatable bonds is 3. The summed E-state index contributed by atoms with van der Waals surface area (Å²) >= 11 is 0. The van der Waals surface area contributed by atoms with Crippen LogP contribution in [0.15, 0.2) is 36.4 Å². The van der Waals surface area contributed by atoms with Crippen molar-refractivity contribution >= 4 is 17.1 Å². The van der Waals surface area contributed by atoms with Crippen molar-refractivity contribution in [3.8, 4) is 5.75 Å². The third kappa shape index (κ3) is 1.91. The van der Waals surface area contributed by atoms with Gasteiger partial charge in [0.15, 0.2) is 0 Å². The molecule has 2 aromatic rings. The molecule has 0 aliphatic rings. The Morgan fingerprint density at radius 2 is 1.81 bits per heavy atom. The van der Waals surface area contributed by atoms with Crippen molar-refractivity contribution in [1.82, 2.24) is 0 Å². The van der Waals surface area contributed by atoms with Gasteiger partial charge in [-0.3, -0.25) is 0 Å². The highest BCUT2D eigenvalue weighted by atomic mass is 16.5. The van der Waals surface area contributed by atoms with Crippen LogP contribution in [-0.4, -0.2) is 13.4 Å². The average Bonchev–Trinajstić information content (AvgIpc) is 2.36. The highest BCUT2D eigenvalue weighted by Crippen LogP contribution is 2.24. The van der Waals surface area contributed by atoms with Crippen LogP contribution < -0.4 is 4.74 Å². The SMILES string of the molecule is COc1ccc2cc(C(C)C=O)ccc2c1. The van der Waals surface area contributed by atoms with Crippen LogP contribution in [0.1, 0.15) is 18.4 Å². The summed E-state index contributed by atoms with van der Waals surface area (Å²) < 4.78 is 5.16. The van der Waals surface area contributed by atoms with E-state index in [1.165, 1.54) is 0 Å². The molecule has 0 aliphatic heterocycles. The Morgan fingerprint density at radius 3 is 2.50 bits per heavy atom. The summed E-state index contributed by atoms with van der Waals surface area (Å²) in [5.74, 6) is 0.801. The number of carbonyl (C=O) groups excluding carboxylic acids is 1. The quantitative estimate of drug-likeness (QED) is 0.734. The predicted molar refractivity (Wildman–Crippen MR) is 65.0 cm³/mol. The van der Waals surface area contributed by atoms with Gasteiger partial charge in [-0.05, 0) is 28.5 Å². The molecule has 0 saturated heterocycles. The molecule has 0 aliphatic carbocycles. The zero-order chi connectivity index (χ0) is 11.5. The van der Waals surface area contributed by atoms with Crippen LogP contribution in [-0.2, 0) is 4.79 Å². The van der Waals surface area contributed by atoms with Crippen LogP contribution in [0, 0.1) is 0 Å². The van der Waals surface area contributed by atoms with Crippen molar-refractivity contribution in [2.75, 3.05) is 7.11 Å². The molecule has 0 amide bonds. The van der Waals surface area contributed by atoms with Gasteiger partial charge in [0.1, 0.15) is 12.0 Å². The molecule has 0 spiro atoms. The summed E-state index contributed by atoms with van der Waals surface area (Å²) in [5.41, 5.74) is 1.05. The minimum atomic E-state index is -0.0495. The molecule has 16 heavy (non-hydrogen) atoms. The summed E-state index contributed by atoms with van der Waals surface area (Å²) in [7, 11) is 1.66. The zero-order valence-electron chi connectivity index (χ0n) is 9.44. The average molecular weight is 214 g/mol. The number of fused-ring (bicyclic) bond motifs is 1. The summed E-state index contributed by atoms with van der Waals surface area (Å²) in [6.45, 7) is 1.90. The van der Waals surface area contributed by atoms with E-state index in [9.17, 15) is 4.79 Å². The molecule has 2 nitrogen and oxygen atoms in total. The van der Waals surface area contributed by atoms with E-state index in [0.29, 0.717) is 0 Å². The maximum Gasteiger partial charge on any atom is 0.127 e. The van der Waals surface area contributed by atoms with Gasteiger partial charge < -0.3 is 9.53 Å². The number of hydrogen-bond acceptors (Lipinski definition) is 2. The molecule has 0 fully saturated rings. The topological polar surface area (TPSA) is 26.3 Å². The second-order valence-corrected chi connectivity index (χ2v) is 3.90. The lowest BCUT2D eigenvalue weighted by Crippen LogP contribution is -1.93. The number of ether oxygens (including phenoxy) is 1. The minimum absolute atomic E-state index is 0.0495. The van der Waals surface area contributed by atoms with Gasteiger partial charge in [0.25, 0.3) is 0 Å². The second-order valence-electron chi connectivity index (χ2n) is 3.90. The van der Waals surface area contributed by atoms with Crippen LogP contribution in [0.4, 0.5) is 0 Å². The van der Waals surface area contributed by atoms with Gasteiger partial charge in [-0.2, -0.15) is 0 Å². The first-order valence-corrected chi connectivity index (χ1v) is 5.27.